The topological polar surface area (TPSA) is 47.6 Å². The normalized spacial score (nSPS) is 22.5. The summed E-state index contributed by atoms with van der Waals surface area (Å²) < 4.78 is 10.3. The Bertz CT molecular complexity index is 369. The highest BCUT2D eigenvalue weighted by Gasteiger charge is 2.47. The fourth-order valence-corrected chi connectivity index (χ4v) is 2.05. The van der Waals surface area contributed by atoms with Crippen molar-refractivity contribution in [3.63, 3.8) is 0 Å². The average molecular weight is 225 g/mol. The van der Waals surface area contributed by atoms with Crippen LogP contribution in [0.1, 0.15) is 0 Å². The molecule has 0 aliphatic carbocycles. The van der Waals surface area contributed by atoms with Crippen LogP contribution in [0.2, 0.25) is 0 Å². The Morgan fingerprint density at radius 1 is 1.53 bits per heavy atom. The van der Waals surface area contributed by atoms with Gasteiger partial charge >= 0.3 is 11.0 Å². The fourth-order valence-electron chi connectivity index (χ4n) is 1.42. The van der Waals surface area contributed by atoms with Crippen LogP contribution in [0.25, 0.3) is 0 Å². The molecule has 1 unspecified atom stereocenters. The molecule has 0 spiro atoms. The highest BCUT2D eigenvalue weighted by Crippen LogP contribution is 2.41. The van der Waals surface area contributed by atoms with Gasteiger partial charge in [-0.1, -0.05) is 23.9 Å². The molecular weight excluding hydrogens is 214 g/mol. The number of anilines is 1. The first-order valence-electron chi connectivity index (χ1n) is 4.41. The number of para-hydroxylation sites is 2. The van der Waals surface area contributed by atoms with Crippen molar-refractivity contribution in [2.45, 2.75) is 5.06 Å². The molecule has 0 bridgehead atoms. The summed E-state index contributed by atoms with van der Waals surface area (Å²) in [5, 5.41) is 1.87. The van der Waals surface area contributed by atoms with Gasteiger partial charge in [-0.3, -0.25) is 0 Å². The smallest absolute Gasteiger partial charge is 0.383 e. The monoisotopic (exact) mass is 225 g/mol. The van der Waals surface area contributed by atoms with Gasteiger partial charge in [0.05, 0.1) is 12.8 Å². The number of nitrogens with one attached hydrogen (secondary N) is 1. The molecule has 0 amide bonds. The molecule has 0 aromatic heterocycles. The van der Waals surface area contributed by atoms with E-state index in [1.165, 1.54) is 18.9 Å². The molecule has 1 atom stereocenters. The molecule has 1 N–H and O–H groups in total. The lowest BCUT2D eigenvalue weighted by molar-refractivity contribution is -0.149. The van der Waals surface area contributed by atoms with Crippen LogP contribution in [0.5, 0.6) is 5.75 Å². The Kier molecular flexibility index (Phi) is 2.48. The van der Waals surface area contributed by atoms with Gasteiger partial charge in [0.1, 0.15) is 5.75 Å². The molecule has 4 nitrogen and oxygen atoms in total. The van der Waals surface area contributed by atoms with Gasteiger partial charge < -0.3 is 14.8 Å². The Morgan fingerprint density at radius 3 is 2.87 bits per heavy atom. The van der Waals surface area contributed by atoms with Crippen LogP contribution in [0.4, 0.5) is 5.69 Å². The van der Waals surface area contributed by atoms with Gasteiger partial charge in [-0.25, -0.2) is 4.79 Å². The third kappa shape index (κ3) is 1.52. The first-order valence-corrected chi connectivity index (χ1v) is 5.64. The molecule has 2 rings (SSSR count). The lowest BCUT2D eigenvalue weighted by Gasteiger charge is -2.23. The lowest BCUT2D eigenvalue weighted by Crippen LogP contribution is -2.45. The summed E-state index contributed by atoms with van der Waals surface area (Å²) in [5.74, 6) is 0.225. The van der Waals surface area contributed by atoms with Gasteiger partial charge in [0.25, 0.3) is 0 Å². The fraction of sp³-hybridized carbons (Fsp3) is 0.300. The van der Waals surface area contributed by atoms with Crippen LogP contribution in [-0.2, 0) is 9.53 Å². The van der Waals surface area contributed by atoms with Crippen LogP contribution < -0.4 is 10.1 Å². The van der Waals surface area contributed by atoms with Gasteiger partial charge in [0, 0.05) is 0 Å². The van der Waals surface area contributed by atoms with Crippen molar-refractivity contribution >= 4 is 23.4 Å². The summed E-state index contributed by atoms with van der Waals surface area (Å²) >= 11 is 1.26. The first kappa shape index (κ1) is 10.2. The summed E-state index contributed by atoms with van der Waals surface area (Å²) in [6.45, 7) is 0. The molecule has 1 heterocycles. The highest BCUT2D eigenvalue weighted by molar-refractivity contribution is 8.00. The second kappa shape index (κ2) is 3.66. The van der Waals surface area contributed by atoms with Gasteiger partial charge in [-0.15, -0.1) is 0 Å². The molecule has 1 aliphatic heterocycles. The van der Waals surface area contributed by atoms with Crippen LogP contribution >= 0.6 is 11.8 Å². The van der Waals surface area contributed by atoms with E-state index >= 15 is 0 Å². The Balaban J connectivity index is 2.33. The first-order chi connectivity index (χ1) is 7.22. The van der Waals surface area contributed by atoms with Crippen molar-refractivity contribution < 1.29 is 14.3 Å². The van der Waals surface area contributed by atoms with Crippen LogP contribution in [0.3, 0.4) is 0 Å². The predicted molar refractivity (Wildman–Crippen MR) is 59.0 cm³/mol. The second-order valence-electron chi connectivity index (χ2n) is 3.04. The summed E-state index contributed by atoms with van der Waals surface area (Å²) in [4.78, 5) is 11.6. The predicted octanol–water partition coefficient (Wildman–Crippen LogP) is 1.68. The number of hydrogen-bond acceptors (Lipinski definition) is 5. The molecule has 0 saturated carbocycles. The number of carbonyl (C=O) groups is 1. The SMILES string of the molecule is COC(=O)C1(SC)Nc2ccccc2O1. The lowest BCUT2D eigenvalue weighted by atomic mass is 10.3. The number of hydrogen-bond donors (Lipinski definition) is 1. The number of methoxy groups -OCH3 is 1. The van der Waals surface area contributed by atoms with E-state index in [2.05, 4.69) is 5.32 Å². The number of thioether (sulfide) groups is 1. The van der Waals surface area contributed by atoms with Crippen molar-refractivity contribution in [2.75, 3.05) is 18.7 Å². The van der Waals surface area contributed by atoms with E-state index in [1.54, 1.807) is 6.26 Å². The third-order valence-corrected chi connectivity index (χ3v) is 3.11. The second-order valence-corrected chi connectivity index (χ2v) is 4.02. The molecule has 15 heavy (non-hydrogen) atoms. The largest absolute Gasteiger partial charge is 0.464 e. The molecule has 5 heteroatoms. The highest BCUT2D eigenvalue weighted by atomic mass is 32.2. The van der Waals surface area contributed by atoms with E-state index in [1.807, 2.05) is 24.3 Å². The molecule has 1 aliphatic rings. The number of fused-ring (bicyclic) bond motifs is 1. The molecule has 1 aromatic carbocycles. The number of esters is 1. The van der Waals surface area contributed by atoms with Gasteiger partial charge in [0.15, 0.2) is 0 Å². The maximum atomic E-state index is 11.6. The van der Waals surface area contributed by atoms with E-state index < -0.39 is 11.0 Å². The quantitative estimate of drug-likeness (QED) is 0.776. The van der Waals surface area contributed by atoms with Crippen molar-refractivity contribution in [2.24, 2.45) is 0 Å². The molecule has 0 radical (unpaired) electrons. The zero-order valence-corrected chi connectivity index (χ0v) is 9.26. The summed E-state index contributed by atoms with van der Waals surface area (Å²) in [7, 11) is 1.34. The minimum atomic E-state index is -1.14. The molecular formula is C10H11NO3S. The summed E-state index contributed by atoms with van der Waals surface area (Å²) in [6, 6.07) is 7.40. The van der Waals surface area contributed by atoms with Crippen LogP contribution in [-0.4, -0.2) is 24.4 Å². The van der Waals surface area contributed by atoms with Crippen molar-refractivity contribution in [3.05, 3.63) is 24.3 Å². The van der Waals surface area contributed by atoms with Gasteiger partial charge in [0.2, 0.25) is 0 Å². The number of benzene rings is 1. The Morgan fingerprint density at radius 2 is 2.27 bits per heavy atom. The van der Waals surface area contributed by atoms with Crippen molar-refractivity contribution in [1.29, 1.82) is 0 Å². The molecule has 0 saturated heterocycles. The van der Waals surface area contributed by atoms with E-state index in [0.29, 0.717) is 5.75 Å². The van der Waals surface area contributed by atoms with E-state index in [9.17, 15) is 4.79 Å². The zero-order valence-electron chi connectivity index (χ0n) is 8.44. The Hall–Kier alpha value is -1.36. The van der Waals surface area contributed by atoms with E-state index in [-0.39, 0.29) is 0 Å². The maximum absolute atomic E-state index is 11.6. The van der Waals surface area contributed by atoms with E-state index in [4.69, 9.17) is 9.47 Å². The van der Waals surface area contributed by atoms with Gasteiger partial charge in [-0.2, -0.15) is 0 Å². The van der Waals surface area contributed by atoms with E-state index in [0.717, 1.165) is 5.69 Å². The minimum Gasteiger partial charge on any atom is -0.464 e. The number of rotatable bonds is 2. The minimum absolute atomic E-state index is 0.439. The van der Waals surface area contributed by atoms with Crippen LogP contribution in [0, 0.1) is 0 Å². The standard InChI is InChI=1S/C10H11NO3S/c1-13-9(12)10(15-2)11-7-5-3-4-6-8(7)14-10/h3-6,11H,1-2H3. The van der Waals surface area contributed by atoms with Crippen molar-refractivity contribution in [3.8, 4) is 5.75 Å². The van der Waals surface area contributed by atoms with Crippen LogP contribution in [0.15, 0.2) is 24.3 Å². The summed E-state index contributed by atoms with van der Waals surface area (Å²) in [5.41, 5.74) is 0.803. The van der Waals surface area contributed by atoms with Crippen molar-refractivity contribution in [1.82, 2.24) is 0 Å². The number of ether oxygens (including phenoxy) is 2. The average Bonchev–Trinajstić information content (AvgIpc) is 2.67. The Labute approximate surface area is 91.9 Å². The molecule has 80 valence electrons. The zero-order chi connectivity index (χ0) is 10.9. The maximum Gasteiger partial charge on any atom is 0.383 e. The van der Waals surface area contributed by atoms with Gasteiger partial charge in [-0.05, 0) is 18.4 Å². The third-order valence-electron chi connectivity index (χ3n) is 2.18. The number of carbonyl (C=O) groups excluding carboxylic acids is 1. The molecule has 1 aromatic rings. The molecule has 0 fully saturated rings. The summed E-state index contributed by atoms with van der Waals surface area (Å²) in [6.07, 6.45) is 1.79.